The number of aryl methyl sites for hydroxylation is 1. The van der Waals surface area contributed by atoms with Crippen LogP contribution in [0.15, 0.2) is 36.4 Å². The minimum atomic E-state index is 0.0234. The Morgan fingerprint density at radius 1 is 1.13 bits per heavy atom. The molecule has 0 saturated carbocycles. The van der Waals surface area contributed by atoms with Gasteiger partial charge in [-0.3, -0.25) is 9.59 Å². The zero-order chi connectivity index (χ0) is 21.8. The monoisotopic (exact) mass is 439 g/mol. The molecule has 2 aliphatic rings. The summed E-state index contributed by atoms with van der Waals surface area (Å²) < 4.78 is 5.32. The molecule has 2 aliphatic heterocycles. The summed E-state index contributed by atoms with van der Waals surface area (Å²) in [5.74, 6) is 2.89. The molecule has 0 atom stereocenters. The summed E-state index contributed by atoms with van der Waals surface area (Å²) in [5, 5.41) is 3.27. The van der Waals surface area contributed by atoms with Gasteiger partial charge < -0.3 is 19.9 Å². The van der Waals surface area contributed by atoms with Crippen LogP contribution in [0.1, 0.15) is 27.9 Å². The molecule has 0 aromatic heterocycles. The molecule has 7 heteroatoms. The third-order valence-corrected chi connectivity index (χ3v) is 6.94. The Kier molecular flexibility index (Phi) is 6.70. The fourth-order valence-corrected chi connectivity index (χ4v) is 5.12. The summed E-state index contributed by atoms with van der Waals surface area (Å²) in [7, 11) is 1.66. The number of ether oxygens (including phenoxy) is 1. The first-order chi connectivity index (χ1) is 15.1. The number of fused-ring (bicyclic) bond motifs is 1. The molecular formula is C24H29N3O3S. The Bertz CT molecular complexity index is 973. The van der Waals surface area contributed by atoms with Gasteiger partial charge in [-0.1, -0.05) is 6.07 Å². The lowest BCUT2D eigenvalue weighted by atomic mass is 10.0. The van der Waals surface area contributed by atoms with Gasteiger partial charge in [-0.05, 0) is 61.2 Å². The highest BCUT2D eigenvalue weighted by Crippen LogP contribution is 2.30. The number of anilines is 2. The molecule has 0 spiro atoms. The number of nitrogens with zero attached hydrogens (tertiary/aromatic N) is 2. The topological polar surface area (TPSA) is 61.9 Å². The second-order valence-electron chi connectivity index (χ2n) is 7.88. The van der Waals surface area contributed by atoms with E-state index in [1.165, 1.54) is 0 Å². The number of hydrogen-bond donors (Lipinski definition) is 1. The SMILES string of the molecule is COc1ccc2c(c1)CCCN2C(=O)CNc1cccc(C(=O)N2CCSCC2)c1C. The number of benzene rings is 2. The lowest BCUT2D eigenvalue weighted by Crippen LogP contribution is -2.39. The smallest absolute Gasteiger partial charge is 0.254 e. The van der Waals surface area contributed by atoms with Crippen LogP contribution in [0.3, 0.4) is 0 Å². The molecule has 164 valence electrons. The average molecular weight is 440 g/mol. The van der Waals surface area contributed by atoms with Crippen molar-refractivity contribution >= 4 is 35.0 Å². The Morgan fingerprint density at radius 3 is 2.71 bits per heavy atom. The molecule has 1 N–H and O–H groups in total. The normalized spacial score (nSPS) is 15.9. The second-order valence-corrected chi connectivity index (χ2v) is 9.10. The highest BCUT2D eigenvalue weighted by atomic mass is 32.2. The predicted molar refractivity (Wildman–Crippen MR) is 127 cm³/mol. The van der Waals surface area contributed by atoms with Crippen LogP contribution in [0, 0.1) is 6.92 Å². The van der Waals surface area contributed by atoms with Gasteiger partial charge in [0.2, 0.25) is 5.91 Å². The van der Waals surface area contributed by atoms with Crippen molar-refractivity contribution in [3.8, 4) is 5.75 Å². The Morgan fingerprint density at radius 2 is 1.94 bits per heavy atom. The number of carbonyl (C=O) groups excluding carboxylic acids is 2. The maximum Gasteiger partial charge on any atom is 0.254 e. The first kappa shape index (κ1) is 21.6. The predicted octanol–water partition coefficient (Wildman–Crippen LogP) is 3.58. The van der Waals surface area contributed by atoms with E-state index in [2.05, 4.69) is 5.32 Å². The molecule has 0 radical (unpaired) electrons. The van der Waals surface area contributed by atoms with E-state index >= 15 is 0 Å². The van der Waals surface area contributed by atoms with Crippen molar-refractivity contribution in [3.63, 3.8) is 0 Å². The Labute approximate surface area is 187 Å². The molecule has 1 fully saturated rings. The van der Waals surface area contributed by atoms with Crippen LogP contribution in [0.5, 0.6) is 5.75 Å². The fourth-order valence-electron chi connectivity index (χ4n) is 4.22. The van der Waals surface area contributed by atoms with E-state index in [-0.39, 0.29) is 18.4 Å². The third kappa shape index (κ3) is 4.66. The minimum Gasteiger partial charge on any atom is -0.497 e. The van der Waals surface area contributed by atoms with Crippen molar-refractivity contribution in [2.75, 3.05) is 55.0 Å². The van der Waals surface area contributed by atoms with Gasteiger partial charge >= 0.3 is 0 Å². The van der Waals surface area contributed by atoms with Crippen LogP contribution < -0.4 is 15.0 Å². The molecular weight excluding hydrogens is 410 g/mol. The summed E-state index contributed by atoms with van der Waals surface area (Å²) in [6.07, 6.45) is 1.88. The Balaban J connectivity index is 1.45. The van der Waals surface area contributed by atoms with Crippen molar-refractivity contribution in [2.24, 2.45) is 0 Å². The van der Waals surface area contributed by atoms with Gasteiger partial charge in [-0.15, -0.1) is 0 Å². The molecule has 31 heavy (non-hydrogen) atoms. The number of carbonyl (C=O) groups is 2. The number of methoxy groups -OCH3 is 1. The molecule has 0 bridgehead atoms. The van der Waals surface area contributed by atoms with Crippen molar-refractivity contribution in [2.45, 2.75) is 19.8 Å². The summed E-state index contributed by atoms with van der Waals surface area (Å²) in [4.78, 5) is 29.7. The Hall–Kier alpha value is -2.67. The second kappa shape index (κ2) is 9.64. The third-order valence-electron chi connectivity index (χ3n) is 6.00. The number of amides is 2. The molecule has 6 nitrogen and oxygen atoms in total. The summed E-state index contributed by atoms with van der Waals surface area (Å²) >= 11 is 1.89. The minimum absolute atomic E-state index is 0.0234. The van der Waals surface area contributed by atoms with Gasteiger partial charge in [0.05, 0.1) is 13.7 Å². The van der Waals surface area contributed by atoms with Crippen LogP contribution in [-0.2, 0) is 11.2 Å². The van der Waals surface area contributed by atoms with Crippen LogP contribution in [0.4, 0.5) is 11.4 Å². The molecule has 0 unspecified atom stereocenters. The summed E-state index contributed by atoms with van der Waals surface area (Å²) in [6, 6.07) is 11.6. The van der Waals surface area contributed by atoms with Crippen LogP contribution in [0.25, 0.3) is 0 Å². The maximum atomic E-state index is 13.0. The first-order valence-corrected chi connectivity index (χ1v) is 11.9. The lowest BCUT2D eigenvalue weighted by Gasteiger charge is -2.30. The van der Waals surface area contributed by atoms with Gasteiger partial charge in [0, 0.05) is 48.1 Å². The molecule has 2 aromatic carbocycles. The zero-order valence-electron chi connectivity index (χ0n) is 18.1. The average Bonchev–Trinajstić information content (AvgIpc) is 2.82. The van der Waals surface area contributed by atoms with E-state index in [1.807, 2.05) is 64.9 Å². The van der Waals surface area contributed by atoms with E-state index in [0.29, 0.717) is 12.1 Å². The largest absolute Gasteiger partial charge is 0.497 e. The van der Waals surface area contributed by atoms with Crippen LogP contribution >= 0.6 is 11.8 Å². The maximum absolute atomic E-state index is 13.0. The van der Waals surface area contributed by atoms with E-state index in [0.717, 1.165) is 65.7 Å². The summed E-state index contributed by atoms with van der Waals surface area (Å²) in [5.41, 5.74) is 4.53. The van der Waals surface area contributed by atoms with E-state index < -0.39 is 0 Å². The van der Waals surface area contributed by atoms with E-state index in [4.69, 9.17) is 4.74 Å². The highest BCUT2D eigenvalue weighted by Gasteiger charge is 2.24. The van der Waals surface area contributed by atoms with Gasteiger partial charge in [0.15, 0.2) is 0 Å². The van der Waals surface area contributed by atoms with Crippen molar-refractivity contribution < 1.29 is 14.3 Å². The molecule has 1 saturated heterocycles. The van der Waals surface area contributed by atoms with Gasteiger partial charge in [-0.2, -0.15) is 11.8 Å². The molecule has 2 amide bonds. The summed E-state index contributed by atoms with van der Waals surface area (Å²) in [6.45, 7) is 4.42. The molecule has 0 aliphatic carbocycles. The van der Waals surface area contributed by atoms with Gasteiger partial charge in [0.25, 0.3) is 5.91 Å². The van der Waals surface area contributed by atoms with Crippen molar-refractivity contribution in [3.05, 3.63) is 53.1 Å². The molecule has 2 heterocycles. The lowest BCUT2D eigenvalue weighted by molar-refractivity contribution is -0.117. The number of nitrogens with one attached hydrogen (secondary N) is 1. The van der Waals surface area contributed by atoms with Crippen LogP contribution in [-0.4, -0.2) is 61.5 Å². The fraction of sp³-hybridized carbons (Fsp3) is 0.417. The number of thioether (sulfide) groups is 1. The highest BCUT2D eigenvalue weighted by molar-refractivity contribution is 7.99. The number of rotatable bonds is 5. The molecule has 2 aromatic rings. The van der Waals surface area contributed by atoms with Crippen LogP contribution in [0.2, 0.25) is 0 Å². The van der Waals surface area contributed by atoms with E-state index in [1.54, 1.807) is 7.11 Å². The van der Waals surface area contributed by atoms with Crippen molar-refractivity contribution in [1.29, 1.82) is 0 Å². The first-order valence-electron chi connectivity index (χ1n) is 10.8. The number of hydrogen-bond acceptors (Lipinski definition) is 5. The standard InChI is InChI=1S/C24H29N3O3S/c1-17-20(24(29)26-11-13-31-14-12-26)6-3-7-21(17)25-16-23(28)27-10-4-5-18-15-19(30-2)8-9-22(18)27/h3,6-9,15,25H,4-5,10-14,16H2,1-2H3. The van der Waals surface area contributed by atoms with Gasteiger partial charge in [-0.25, -0.2) is 0 Å². The van der Waals surface area contributed by atoms with Crippen molar-refractivity contribution in [1.82, 2.24) is 4.90 Å². The van der Waals surface area contributed by atoms with E-state index in [9.17, 15) is 9.59 Å². The zero-order valence-corrected chi connectivity index (χ0v) is 19.0. The molecule has 4 rings (SSSR count). The van der Waals surface area contributed by atoms with Gasteiger partial charge in [0.1, 0.15) is 5.75 Å². The quantitative estimate of drug-likeness (QED) is 0.772.